The summed E-state index contributed by atoms with van der Waals surface area (Å²) in [6, 6.07) is 3.96. The van der Waals surface area contributed by atoms with Crippen LogP contribution < -0.4 is 23.7 Å². The predicted octanol–water partition coefficient (Wildman–Crippen LogP) is 4.18. The predicted molar refractivity (Wildman–Crippen MR) is 105 cm³/mol. The minimum absolute atomic E-state index is 0.0820. The molecule has 6 nitrogen and oxygen atoms in total. The summed E-state index contributed by atoms with van der Waals surface area (Å²) >= 11 is 0. The Morgan fingerprint density at radius 3 is 2.11 bits per heavy atom. The average Bonchev–Trinajstić information content (AvgIpc) is 3.15. The van der Waals surface area contributed by atoms with Crippen LogP contribution in [0.4, 0.5) is 0 Å². The lowest BCUT2D eigenvalue weighted by molar-refractivity contribution is 0.171. The van der Waals surface area contributed by atoms with E-state index in [1.807, 2.05) is 12.1 Å². The zero-order valence-corrected chi connectivity index (χ0v) is 16.9. The van der Waals surface area contributed by atoms with Gasteiger partial charge in [-0.1, -0.05) is 13.8 Å². The third-order valence-corrected chi connectivity index (χ3v) is 5.94. The molecule has 2 aromatic rings. The smallest absolute Gasteiger partial charge is 0.231 e. The molecule has 0 amide bonds. The van der Waals surface area contributed by atoms with Crippen LogP contribution in [0.2, 0.25) is 0 Å². The molecule has 1 aliphatic carbocycles. The first-order valence-corrected chi connectivity index (χ1v) is 9.46. The van der Waals surface area contributed by atoms with Gasteiger partial charge in [-0.2, -0.15) is 0 Å². The number of phenolic OH excluding ortho intramolecular Hbond substituents is 1. The van der Waals surface area contributed by atoms with Gasteiger partial charge < -0.3 is 28.8 Å². The highest BCUT2D eigenvalue weighted by molar-refractivity contribution is 5.88. The van der Waals surface area contributed by atoms with E-state index in [0.29, 0.717) is 40.6 Å². The Morgan fingerprint density at radius 1 is 0.857 bits per heavy atom. The zero-order valence-electron chi connectivity index (χ0n) is 16.9. The van der Waals surface area contributed by atoms with Crippen molar-refractivity contribution in [2.45, 2.75) is 26.7 Å². The van der Waals surface area contributed by atoms with Crippen LogP contribution in [0.15, 0.2) is 12.1 Å². The van der Waals surface area contributed by atoms with E-state index in [1.165, 1.54) is 0 Å². The number of aromatic hydroxyl groups is 1. The second-order valence-electron chi connectivity index (χ2n) is 7.54. The molecule has 1 N–H and O–H groups in total. The molecule has 0 aromatic heterocycles. The van der Waals surface area contributed by atoms with Crippen molar-refractivity contribution in [2.75, 3.05) is 28.1 Å². The Morgan fingerprint density at radius 2 is 1.50 bits per heavy atom. The summed E-state index contributed by atoms with van der Waals surface area (Å²) in [5.41, 5.74) is 3.59. The SMILES string of the molecule is COc1cc2c(c(OC)c1OC)-c1c(cc3c(c1O)OCO3)C[C@@H](C)[C@@H](C)C2. The Kier molecular flexibility index (Phi) is 4.65. The van der Waals surface area contributed by atoms with Crippen molar-refractivity contribution in [3.63, 3.8) is 0 Å². The van der Waals surface area contributed by atoms with Crippen LogP contribution in [-0.4, -0.2) is 33.2 Å². The van der Waals surface area contributed by atoms with Gasteiger partial charge in [-0.15, -0.1) is 0 Å². The molecule has 2 aliphatic rings. The lowest BCUT2D eigenvalue weighted by Gasteiger charge is -2.29. The number of hydrogen-bond acceptors (Lipinski definition) is 6. The van der Waals surface area contributed by atoms with E-state index in [9.17, 15) is 5.11 Å². The van der Waals surface area contributed by atoms with Gasteiger partial charge in [0, 0.05) is 11.1 Å². The van der Waals surface area contributed by atoms with Crippen LogP contribution in [0.1, 0.15) is 25.0 Å². The van der Waals surface area contributed by atoms with Gasteiger partial charge in [-0.05, 0) is 47.9 Å². The van der Waals surface area contributed by atoms with E-state index in [-0.39, 0.29) is 12.5 Å². The van der Waals surface area contributed by atoms with Gasteiger partial charge >= 0.3 is 0 Å². The Balaban J connectivity index is 2.10. The van der Waals surface area contributed by atoms with Gasteiger partial charge in [0.25, 0.3) is 0 Å². The summed E-state index contributed by atoms with van der Waals surface area (Å²) in [5, 5.41) is 11.1. The monoisotopic (exact) mass is 386 g/mol. The molecule has 1 aliphatic heterocycles. The molecule has 2 aromatic carbocycles. The molecule has 0 spiro atoms. The Bertz CT molecular complexity index is 920. The standard InChI is InChI=1S/C22H26O6/c1-11-6-13-9-16-20(28-10-27-16)19(23)17(13)18-14(7-12(11)2)8-15(24-3)21(25-4)22(18)26-5/h8-9,11-12,23H,6-7,10H2,1-5H3/t11-,12+/m1/s1. The lowest BCUT2D eigenvalue weighted by atomic mass is 9.77. The van der Waals surface area contributed by atoms with Crippen molar-refractivity contribution in [2.24, 2.45) is 11.8 Å². The molecule has 0 saturated heterocycles. The number of rotatable bonds is 3. The molecule has 1 heterocycles. The van der Waals surface area contributed by atoms with Gasteiger partial charge in [-0.3, -0.25) is 0 Å². The minimum Gasteiger partial charge on any atom is -0.504 e. The highest BCUT2D eigenvalue weighted by atomic mass is 16.7. The number of phenols is 1. The summed E-state index contributed by atoms with van der Waals surface area (Å²) in [5.74, 6) is 3.56. The van der Waals surface area contributed by atoms with Crippen molar-refractivity contribution in [3.8, 4) is 45.6 Å². The molecular weight excluding hydrogens is 360 g/mol. The molecule has 4 rings (SSSR count). The third kappa shape index (κ3) is 2.70. The average molecular weight is 386 g/mol. The summed E-state index contributed by atoms with van der Waals surface area (Å²) in [7, 11) is 4.80. The number of methoxy groups -OCH3 is 3. The summed E-state index contributed by atoms with van der Waals surface area (Å²) < 4.78 is 28.0. The van der Waals surface area contributed by atoms with E-state index >= 15 is 0 Å². The van der Waals surface area contributed by atoms with E-state index in [1.54, 1.807) is 21.3 Å². The quantitative estimate of drug-likeness (QED) is 0.853. The van der Waals surface area contributed by atoms with Crippen molar-refractivity contribution >= 4 is 0 Å². The summed E-state index contributed by atoms with van der Waals surface area (Å²) in [4.78, 5) is 0. The van der Waals surface area contributed by atoms with Gasteiger partial charge in [-0.25, -0.2) is 0 Å². The fourth-order valence-corrected chi connectivity index (χ4v) is 4.25. The van der Waals surface area contributed by atoms with E-state index in [4.69, 9.17) is 23.7 Å². The minimum atomic E-state index is 0.0820. The van der Waals surface area contributed by atoms with Gasteiger partial charge in [0.05, 0.1) is 21.3 Å². The van der Waals surface area contributed by atoms with Crippen molar-refractivity contribution < 1.29 is 28.8 Å². The number of fused-ring (bicyclic) bond motifs is 4. The number of ether oxygens (including phenoxy) is 5. The van der Waals surface area contributed by atoms with Gasteiger partial charge in [0.1, 0.15) is 0 Å². The number of benzene rings is 2. The summed E-state index contributed by atoms with van der Waals surface area (Å²) in [6.45, 7) is 4.59. The fourth-order valence-electron chi connectivity index (χ4n) is 4.25. The maximum atomic E-state index is 11.1. The third-order valence-electron chi connectivity index (χ3n) is 5.94. The molecule has 0 radical (unpaired) electrons. The molecule has 0 fully saturated rings. The van der Waals surface area contributed by atoms with Gasteiger partial charge in [0.15, 0.2) is 23.0 Å². The fraction of sp³-hybridized carbons (Fsp3) is 0.455. The highest BCUT2D eigenvalue weighted by Gasteiger charge is 2.33. The molecule has 0 saturated carbocycles. The molecule has 0 bridgehead atoms. The van der Waals surface area contributed by atoms with Crippen LogP contribution in [0.5, 0.6) is 34.5 Å². The molecule has 6 heteroatoms. The maximum Gasteiger partial charge on any atom is 0.231 e. The Labute approximate surface area is 164 Å². The number of hydrogen-bond donors (Lipinski definition) is 1. The summed E-state index contributed by atoms with van der Waals surface area (Å²) in [6.07, 6.45) is 1.65. The Hall–Kier alpha value is -2.76. The first-order valence-electron chi connectivity index (χ1n) is 9.46. The van der Waals surface area contributed by atoms with E-state index in [2.05, 4.69) is 13.8 Å². The largest absolute Gasteiger partial charge is 0.504 e. The first kappa shape index (κ1) is 18.6. The first-order chi connectivity index (χ1) is 13.5. The molecular formula is C22H26O6. The van der Waals surface area contributed by atoms with E-state index < -0.39 is 0 Å². The molecule has 28 heavy (non-hydrogen) atoms. The van der Waals surface area contributed by atoms with Crippen molar-refractivity contribution in [1.29, 1.82) is 0 Å². The molecule has 0 unspecified atom stereocenters. The lowest BCUT2D eigenvalue weighted by Crippen LogP contribution is -2.18. The molecule has 2 atom stereocenters. The van der Waals surface area contributed by atoms with Gasteiger partial charge in [0.2, 0.25) is 18.3 Å². The second kappa shape index (κ2) is 7.00. The van der Waals surface area contributed by atoms with Crippen molar-refractivity contribution in [1.82, 2.24) is 0 Å². The maximum absolute atomic E-state index is 11.1. The normalized spacial score (nSPS) is 19.9. The zero-order chi connectivity index (χ0) is 20.0. The van der Waals surface area contributed by atoms with E-state index in [0.717, 1.165) is 35.1 Å². The van der Waals surface area contributed by atoms with Crippen LogP contribution in [0.3, 0.4) is 0 Å². The van der Waals surface area contributed by atoms with Crippen LogP contribution in [0, 0.1) is 11.8 Å². The van der Waals surface area contributed by atoms with Crippen LogP contribution >= 0.6 is 0 Å². The van der Waals surface area contributed by atoms with Crippen LogP contribution in [0.25, 0.3) is 11.1 Å². The van der Waals surface area contributed by atoms with Crippen molar-refractivity contribution in [3.05, 3.63) is 23.3 Å². The molecule has 150 valence electrons. The topological polar surface area (TPSA) is 66.4 Å². The highest BCUT2D eigenvalue weighted by Crippen LogP contribution is 2.56. The van der Waals surface area contributed by atoms with Crippen LogP contribution in [-0.2, 0) is 12.8 Å². The second-order valence-corrected chi connectivity index (χ2v) is 7.54.